The summed E-state index contributed by atoms with van der Waals surface area (Å²) in [6.45, 7) is 0.0995. The van der Waals surface area contributed by atoms with Gasteiger partial charge >= 0.3 is 6.09 Å². The molecule has 0 saturated heterocycles. The molecule has 0 saturated carbocycles. The second-order valence-corrected chi connectivity index (χ2v) is 1.99. The van der Waals surface area contributed by atoms with Crippen LogP contribution in [0, 0.1) is 0 Å². The first-order chi connectivity index (χ1) is 5.20. The Labute approximate surface area is 62.6 Å². The number of carbonyl (C=O) groups is 1. The van der Waals surface area contributed by atoms with Crippen LogP contribution in [0.5, 0.6) is 0 Å². The summed E-state index contributed by atoms with van der Waals surface area (Å²) in [5.74, 6) is 0. The van der Waals surface area contributed by atoms with Gasteiger partial charge in [-0.15, -0.1) is 0 Å². The van der Waals surface area contributed by atoms with Gasteiger partial charge in [0.15, 0.2) is 0 Å². The van der Waals surface area contributed by atoms with E-state index in [-0.39, 0.29) is 6.54 Å². The molecule has 0 radical (unpaired) electrons. The second-order valence-electron chi connectivity index (χ2n) is 1.99. The Morgan fingerprint density at radius 2 is 2.55 bits per heavy atom. The van der Waals surface area contributed by atoms with Crippen molar-refractivity contribution in [3.05, 3.63) is 12.3 Å². The smallest absolute Gasteiger partial charge is 0.404 e. The van der Waals surface area contributed by atoms with Gasteiger partial charge in [-0.05, 0) is 11.3 Å². The van der Waals surface area contributed by atoms with Gasteiger partial charge in [-0.1, -0.05) is 0 Å². The molecule has 0 bridgehead atoms. The molecule has 1 atom stereocenters. The number of carboxylic acid groups (broad SMARTS) is 1. The average molecular weight is 160 g/mol. The summed E-state index contributed by atoms with van der Waals surface area (Å²) in [5, 5.41) is 19.7. The Morgan fingerprint density at radius 3 is 3.00 bits per heavy atom. The number of hydrogen-bond acceptors (Lipinski definition) is 4. The maximum atomic E-state index is 9.99. The number of rotatable bonds is 2. The highest BCUT2D eigenvalue weighted by Crippen LogP contribution is 2.05. The van der Waals surface area contributed by atoms with Gasteiger partial charge in [-0.2, -0.15) is 0 Å². The van der Waals surface area contributed by atoms with Crippen molar-refractivity contribution < 1.29 is 19.9 Å². The fraction of sp³-hybridized carbons (Fsp3) is 0.400. The monoisotopic (exact) mass is 160 g/mol. The Bertz CT molecular complexity index is 181. The molecule has 1 rings (SSSR count). The molecule has 6 heteroatoms. The Balaban J connectivity index is 2.26. The predicted molar refractivity (Wildman–Crippen MR) is 33.7 cm³/mol. The average Bonchev–Trinajstić information content (AvgIpc) is 2.31. The minimum absolute atomic E-state index is 0.0995. The largest absolute Gasteiger partial charge is 0.465 e. The molecule has 1 amide bonds. The minimum atomic E-state index is -1.13. The summed E-state index contributed by atoms with van der Waals surface area (Å²) in [4.78, 5) is 14.5. The lowest BCUT2D eigenvalue weighted by Crippen LogP contribution is -2.37. The third-order valence-electron chi connectivity index (χ3n) is 1.22. The van der Waals surface area contributed by atoms with Crippen molar-refractivity contribution in [2.45, 2.75) is 6.04 Å². The third-order valence-corrected chi connectivity index (χ3v) is 1.22. The number of hydroxylamine groups is 2. The van der Waals surface area contributed by atoms with Crippen LogP contribution in [0.15, 0.2) is 12.3 Å². The van der Waals surface area contributed by atoms with Crippen molar-refractivity contribution in [1.29, 1.82) is 0 Å². The summed E-state index contributed by atoms with van der Waals surface area (Å²) in [6.07, 6.45) is 1.70. The minimum Gasteiger partial charge on any atom is -0.465 e. The van der Waals surface area contributed by atoms with Crippen molar-refractivity contribution >= 4 is 6.09 Å². The zero-order valence-electron chi connectivity index (χ0n) is 5.60. The first-order valence-electron chi connectivity index (χ1n) is 2.98. The van der Waals surface area contributed by atoms with E-state index in [0.29, 0.717) is 5.23 Å². The Hall–Kier alpha value is -1.27. The first kappa shape index (κ1) is 7.83. The lowest BCUT2D eigenvalue weighted by Gasteiger charge is -2.13. The van der Waals surface area contributed by atoms with Crippen LogP contribution in [0.1, 0.15) is 0 Å². The van der Waals surface area contributed by atoms with Crippen LogP contribution in [0.4, 0.5) is 4.79 Å². The van der Waals surface area contributed by atoms with E-state index in [0.717, 1.165) is 0 Å². The summed E-state index contributed by atoms with van der Waals surface area (Å²) < 4.78 is 0. The van der Waals surface area contributed by atoms with Crippen molar-refractivity contribution in [3.63, 3.8) is 0 Å². The van der Waals surface area contributed by atoms with Gasteiger partial charge < -0.3 is 15.3 Å². The van der Waals surface area contributed by atoms with Gasteiger partial charge in [-0.3, -0.25) is 5.21 Å². The summed E-state index contributed by atoms with van der Waals surface area (Å²) in [5.41, 5.74) is 0. The third kappa shape index (κ3) is 2.10. The van der Waals surface area contributed by atoms with Crippen molar-refractivity contribution in [3.8, 4) is 0 Å². The molecule has 0 aliphatic carbocycles. The normalized spacial score (nSPS) is 23.2. The maximum absolute atomic E-state index is 9.99. The van der Waals surface area contributed by atoms with Crippen LogP contribution in [0.3, 0.4) is 0 Å². The summed E-state index contributed by atoms with van der Waals surface area (Å²) >= 11 is 0. The van der Waals surface area contributed by atoms with Gasteiger partial charge in [0.2, 0.25) is 0 Å². The lowest BCUT2D eigenvalue weighted by atomic mass is 10.3. The highest BCUT2D eigenvalue weighted by atomic mass is 16.9. The van der Waals surface area contributed by atoms with Crippen LogP contribution in [-0.2, 0) is 4.84 Å². The van der Waals surface area contributed by atoms with Gasteiger partial charge in [0.25, 0.3) is 0 Å². The number of amides is 1. The molecule has 0 spiro atoms. The first-order valence-corrected chi connectivity index (χ1v) is 2.98. The molecule has 0 aromatic heterocycles. The molecule has 1 aliphatic rings. The molecule has 0 aromatic carbocycles. The topological polar surface area (TPSA) is 82.0 Å². The summed E-state index contributed by atoms with van der Waals surface area (Å²) in [6, 6.07) is -0.439. The van der Waals surface area contributed by atoms with E-state index in [4.69, 9.17) is 10.3 Å². The van der Waals surface area contributed by atoms with E-state index in [2.05, 4.69) is 10.2 Å². The van der Waals surface area contributed by atoms with Gasteiger partial charge in [0.05, 0.1) is 0 Å². The fourth-order valence-corrected chi connectivity index (χ4v) is 0.678. The van der Waals surface area contributed by atoms with E-state index in [1.807, 2.05) is 0 Å². The molecular weight excluding hydrogens is 152 g/mol. The highest BCUT2D eigenvalue weighted by molar-refractivity contribution is 5.64. The molecule has 0 aromatic rings. The molecule has 1 heterocycles. The molecule has 1 unspecified atom stereocenters. The zero-order valence-corrected chi connectivity index (χ0v) is 5.60. The fourth-order valence-electron chi connectivity index (χ4n) is 0.678. The molecule has 1 aliphatic heterocycles. The van der Waals surface area contributed by atoms with E-state index in [1.54, 1.807) is 0 Å². The van der Waals surface area contributed by atoms with Crippen LogP contribution >= 0.6 is 0 Å². The van der Waals surface area contributed by atoms with Crippen LogP contribution < -0.4 is 5.32 Å². The molecule has 6 nitrogen and oxygen atoms in total. The number of hydrogen-bond donors (Lipinski definition) is 3. The zero-order chi connectivity index (χ0) is 8.27. The predicted octanol–water partition coefficient (Wildman–Crippen LogP) is -0.227. The Morgan fingerprint density at radius 1 is 1.82 bits per heavy atom. The van der Waals surface area contributed by atoms with Crippen LogP contribution in [0.2, 0.25) is 0 Å². The molecule has 11 heavy (non-hydrogen) atoms. The molecule has 3 N–H and O–H groups in total. The van der Waals surface area contributed by atoms with E-state index in [9.17, 15) is 4.79 Å². The summed E-state index contributed by atoms with van der Waals surface area (Å²) in [7, 11) is 0. The maximum Gasteiger partial charge on any atom is 0.404 e. The van der Waals surface area contributed by atoms with E-state index >= 15 is 0 Å². The van der Waals surface area contributed by atoms with Crippen molar-refractivity contribution in [2.24, 2.45) is 0 Å². The van der Waals surface area contributed by atoms with E-state index in [1.165, 1.54) is 12.3 Å². The Kier molecular flexibility index (Phi) is 2.29. The highest BCUT2D eigenvalue weighted by Gasteiger charge is 2.19. The van der Waals surface area contributed by atoms with Crippen molar-refractivity contribution in [1.82, 2.24) is 10.5 Å². The molecular formula is C5H8N2O4. The lowest BCUT2D eigenvalue weighted by molar-refractivity contribution is -0.311. The molecule has 0 fully saturated rings. The number of nitrogens with one attached hydrogen (secondary N) is 1. The van der Waals surface area contributed by atoms with Gasteiger partial charge in [-0.25, -0.2) is 4.79 Å². The van der Waals surface area contributed by atoms with Crippen molar-refractivity contribution in [2.75, 3.05) is 6.54 Å². The molecule has 62 valence electrons. The van der Waals surface area contributed by atoms with Crippen LogP contribution in [-0.4, -0.2) is 34.2 Å². The standard InChI is InChI=1S/C5H8N2O4/c8-5(9)6-3-4-1-2-11-7(4)10/h1-2,4,6,10H,3H2,(H,8,9). The SMILES string of the molecule is O=C(O)NCC1C=CON1O. The number of nitrogens with zero attached hydrogens (tertiary/aromatic N) is 1. The quantitative estimate of drug-likeness (QED) is 0.520. The van der Waals surface area contributed by atoms with E-state index < -0.39 is 12.1 Å². The second kappa shape index (κ2) is 3.22. The van der Waals surface area contributed by atoms with Crippen LogP contribution in [0.25, 0.3) is 0 Å². The van der Waals surface area contributed by atoms with Gasteiger partial charge in [0, 0.05) is 6.54 Å². The van der Waals surface area contributed by atoms with Gasteiger partial charge in [0.1, 0.15) is 12.3 Å².